The maximum atomic E-state index is 5.04. The first kappa shape index (κ1) is 6.44. The molecule has 1 nitrogen and oxygen atoms in total. The van der Waals surface area contributed by atoms with Crippen molar-refractivity contribution in [3.63, 3.8) is 0 Å². The fourth-order valence-electron chi connectivity index (χ4n) is 1.04. The number of methoxy groups -OCH3 is 1. The zero-order chi connectivity index (χ0) is 6.85. The van der Waals surface area contributed by atoms with Gasteiger partial charge in [-0.2, -0.15) is 0 Å². The summed E-state index contributed by atoms with van der Waals surface area (Å²) in [6, 6.07) is 0. The SMILES string of the molecule is C=C=C(OC)C1CC1C. The molecule has 0 bridgehead atoms. The van der Waals surface area contributed by atoms with Crippen molar-refractivity contribution in [3.05, 3.63) is 18.1 Å². The van der Waals surface area contributed by atoms with Gasteiger partial charge in [-0.1, -0.05) is 19.2 Å². The molecule has 0 heterocycles. The van der Waals surface area contributed by atoms with E-state index in [0.717, 1.165) is 11.7 Å². The highest BCUT2D eigenvalue weighted by Gasteiger charge is 2.36. The van der Waals surface area contributed by atoms with Crippen LogP contribution in [0.15, 0.2) is 18.1 Å². The minimum absolute atomic E-state index is 0.618. The van der Waals surface area contributed by atoms with Gasteiger partial charge >= 0.3 is 0 Å². The summed E-state index contributed by atoms with van der Waals surface area (Å²) < 4.78 is 5.04. The Bertz CT molecular complexity index is 154. The average Bonchev–Trinajstić information content (AvgIpc) is 2.51. The second-order valence-corrected chi connectivity index (χ2v) is 2.56. The molecule has 1 aliphatic carbocycles. The summed E-state index contributed by atoms with van der Waals surface area (Å²) in [7, 11) is 1.68. The monoisotopic (exact) mass is 124 g/mol. The smallest absolute Gasteiger partial charge is 0.140 e. The first-order valence-corrected chi connectivity index (χ1v) is 3.23. The van der Waals surface area contributed by atoms with E-state index in [4.69, 9.17) is 4.74 Å². The normalized spacial score (nSPS) is 30.9. The van der Waals surface area contributed by atoms with E-state index in [1.807, 2.05) is 0 Å². The third kappa shape index (κ3) is 1.17. The quantitative estimate of drug-likeness (QED) is 0.404. The lowest BCUT2D eigenvalue weighted by atomic mass is 10.3. The van der Waals surface area contributed by atoms with Gasteiger partial charge in [0.15, 0.2) is 0 Å². The summed E-state index contributed by atoms with van der Waals surface area (Å²) in [4.78, 5) is 0. The van der Waals surface area contributed by atoms with Crippen LogP contribution in [0.5, 0.6) is 0 Å². The van der Waals surface area contributed by atoms with E-state index < -0.39 is 0 Å². The molecule has 1 heteroatoms. The predicted octanol–water partition coefficient (Wildman–Crippen LogP) is 1.96. The van der Waals surface area contributed by atoms with Crippen molar-refractivity contribution in [2.75, 3.05) is 7.11 Å². The van der Waals surface area contributed by atoms with Crippen molar-refractivity contribution in [1.82, 2.24) is 0 Å². The lowest BCUT2D eigenvalue weighted by Crippen LogP contribution is -1.87. The Balaban J connectivity index is 2.51. The van der Waals surface area contributed by atoms with E-state index in [1.54, 1.807) is 7.11 Å². The Kier molecular flexibility index (Phi) is 1.63. The second kappa shape index (κ2) is 2.28. The maximum Gasteiger partial charge on any atom is 0.140 e. The summed E-state index contributed by atoms with van der Waals surface area (Å²) in [5, 5.41) is 0. The Morgan fingerprint density at radius 1 is 1.78 bits per heavy atom. The molecule has 0 radical (unpaired) electrons. The van der Waals surface area contributed by atoms with E-state index in [2.05, 4.69) is 19.2 Å². The topological polar surface area (TPSA) is 9.23 Å². The van der Waals surface area contributed by atoms with Crippen molar-refractivity contribution in [2.45, 2.75) is 13.3 Å². The fraction of sp³-hybridized carbons (Fsp3) is 0.625. The van der Waals surface area contributed by atoms with Crippen molar-refractivity contribution < 1.29 is 4.74 Å². The van der Waals surface area contributed by atoms with Crippen LogP contribution in [0.1, 0.15) is 13.3 Å². The number of allylic oxidation sites excluding steroid dienone is 1. The Morgan fingerprint density at radius 2 is 2.33 bits per heavy atom. The summed E-state index contributed by atoms with van der Waals surface area (Å²) in [5.74, 6) is 2.34. The van der Waals surface area contributed by atoms with Crippen molar-refractivity contribution >= 4 is 0 Å². The minimum atomic E-state index is 0.618. The van der Waals surface area contributed by atoms with Crippen LogP contribution in [-0.2, 0) is 4.74 Å². The van der Waals surface area contributed by atoms with Gasteiger partial charge in [0.05, 0.1) is 7.11 Å². The van der Waals surface area contributed by atoms with E-state index in [0.29, 0.717) is 5.92 Å². The van der Waals surface area contributed by atoms with Gasteiger partial charge < -0.3 is 4.74 Å². The summed E-state index contributed by atoms with van der Waals surface area (Å²) in [6.07, 6.45) is 1.24. The van der Waals surface area contributed by atoms with Gasteiger partial charge in [0.25, 0.3) is 0 Å². The van der Waals surface area contributed by atoms with Gasteiger partial charge in [0.1, 0.15) is 5.76 Å². The molecule has 2 unspecified atom stereocenters. The molecule has 0 N–H and O–H groups in total. The van der Waals surface area contributed by atoms with Crippen molar-refractivity contribution in [2.24, 2.45) is 11.8 Å². The molecule has 1 saturated carbocycles. The summed E-state index contributed by atoms with van der Waals surface area (Å²) >= 11 is 0. The highest BCUT2D eigenvalue weighted by molar-refractivity contribution is 5.06. The van der Waals surface area contributed by atoms with E-state index in [1.165, 1.54) is 6.42 Å². The molecule has 0 aromatic heterocycles. The molecule has 0 aromatic rings. The molecule has 9 heavy (non-hydrogen) atoms. The Labute approximate surface area is 56.0 Å². The average molecular weight is 124 g/mol. The third-order valence-corrected chi connectivity index (χ3v) is 1.84. The van der Waals surface area contributed by atoms with Crippen LogP contribution in [-0.4, -0.2) is 7.11 Å². The standard InChI is InChI=1S/C8H12O/c1-4-8(9-3)7-5-6(7)2/h6-7H,1,5H2,2-3H3. The highest BCUT2D eigenvalue weighted by Crippen LogP contribution is 2.43. The van der Waals surface area contributed by atoms with Gasteiger partial charge in [0, 0.05) is 5.92 Å². The van der Waals surface area contributed by atoms with Crippen LogP contribution in [0.3, 0.4) is 0 Å². The zero-order valence-electron chi connectivity index (χ0n) is 5.98. The molecular formula is C8H12O. The predicted molar refractivity (Wildman–Crippen MR) is 36.9 cm³/mol. The lowest BCUT2D eigenvalue weighted by Gasteiger charge is -1.98. The number of ether oxygens (including phenoxy) is 1. The van der Waals surface area contributed by atoms with Crippen molar-refractivity contribution in [1.29, 1.82) is 0 Å². The molecule has 0 spiro atoms. The minimum Gasteiger partial charge on any atom is -0.493 e. The molecular weight excluding hydrogens is 112 g/mol. The number of hydrogen-bond donors (Lipinski definition) is 0. The van der Waals surface area contributed by atoms with Crippen molar-refractivity contribution in [3.8, 4) is 0 Å². The van der Waals surface area contributed by atoms with E-state index in [9.17, 15) is 0 Å². The number of hydrogen-bond acceptors (Lipinski definition) is 1. The maximum absolute atomic E-state index is 5.04. The lowest BCUT2D eigenvalue weighted by molar-refractivity contribution is 0.268. The Hall–Kier alpha value is -0.680. The molecule has 0 aromatic carbocycles. The van der Waals surface area contributed by atoms with Crippen LogP contribution < -0.4 is 0 Å². The van der Waals surface area contributed by atoms with Crippen LogP contribution in [0.2, 0.25) is 0 Å². The highest BCUT2D eigenvalue weighted by atomic mass is 16.5. The summed E-state index contributed by atoms with van der Waals surface area (Å²) in [6.45, 7) is 5.75. The second-order valence-electron chi connectivity index (χ2n) is 2.56. The molecule has 1 rings (SSSR count). The van der Waals surface area contributed by atoms with E-state index in [-0.39, 0.29) is 0 Å². The first-order valence-electron chi connectivity index (χ1n) is 3.23. The largest absolute Gasteiger partial charge is 0.493 e. The van der Waals surface area contributed by atoms with E-state index >= 15 is 0 Å². The van der Waals surface area contributed by atoms with Crippen LogP contribution in [0.4, 0.5) is 0 Å². The van der Waals surface area contributed by atoms with Gasteiger partial charge in [-0.05, 0) is 12.3 Å². The van der Waals surface area contributed by atoms with Gasteiger partial charge in [-0.3, -0.25) is 0 Å². The fourth-order valence-corrected chi connectivity index (χ4v) is 1.04. The summed E-state index contributed by atoms with van der Waals surface area (Å²) in [5.41, 5.74) is 2.79. The molecule has 1 fully saturated rings. The number of rotatable bonds is 2. The zero-order valence-corrected chi connectivity index (χ0v) is 5.98. The molecule has 1 aliphatic rings. The molecule has 0 aliphatic heterocycles. The van der Waals surface area contributed by atoms with Gasteiger partial charge in [0.2, 0.25) is 0 Å². The van der Waals surface area contributed by atoms with Crippen LogP contribution >= 0.6 is 0 Å². The van der Waals surface area contributed by atoms with Crippen LogP contribution in [0.25, 0.3) is 0 Å². The van der Waals surface area contributed by atoms with Crippen LogP contribution in [0, 0.1) is 11.8 Å². The first-order chi connectivity index (χ1) is 4.29. The molecule has 2 atom stereocenters. The molecule has 0 saturated heterocycles. The molecule has 50 valence electrons. The Morgan fingerprint density at radius 3 is 2.44 bits per heavy atom. The van der Waals surface area contributed by atoms with Gasteiger partial charge in [-0.15, -0.1) is 0 Å². The van der Waals surface area contributed by atoms with Gasteiger partial charge in [-0.25, -0.2) is 0 Å². The third-order valence-electron chi connectivity index (χ3n) is 1.84. The molecule has 0 amide bonds.